The van der Waals surface area contributed by atoms with E-state index in [1.165, 1.54) is 7.11 Å². The predicted molar refractivity (Wildman–Crippen MR) is 67.3 cm³/mol. The summed E-state index contributed by atoms with van der Waals surface area (Å²) in [6.45, 7) is 1.80. The second-order valence-electron chi connectivity index (χ2n) is 4.17. The fourth-order valence-electron chi connectivity index (χ4n) is 1.42. The summed E-state index contributed by atoms with van der Waals surface area (Å²) in [5.41, 5.74) is -0.138. The van der Waals surface area contributed by atoms with E-state index >= 15 is 0 Å². The molecule has 1 atom stereocenters. The van der Waals surface area contributed by atoms with Gasteiger partial charge in [0.15, 0.2) is 0 Å². The fraction of sp³-hybridized carbons (Fsp3) is 0.462. The number of esters is 1. The summed E-state index contributed by atoms with van der Waals surface area (Å²) in [7, 11) is 3.01. The Morgan fingerprint density at radius 3 is 2.78 bits per heavy atom. The van der Waals surface area contributed by atoms with Crippen LogP contribution in [-0.2, 0) is 16.1 Å². The van der Waals surface area contributed by atoms with Crippen molar-refractivity contribution >= 4 is 5.97 Å². The van der Waals surface area contributed by atoms with Gasteiger partial charge in [0.2, 0.25) is 0 Å². The summed E-state index contributed by atoms with van der Waals surface area (Å²) in [6.07, 6.45) is 0. The normalized spacial score (nSPS) is 13.8. The van der Waals surface area contributed by atoms with E-state index in [1.54, 1.807) is 38.2 Å². The van der Waals surface area contributed by atoms with Gasteiger partial charge in [-0.2, -0.15) is 0 Å². The van der Waals surface area contributed by atoms with Gasteiger partial charge in [-0.15, -0.1) is 0 Å². The highest BCUT2D eigenvalue weighted by atomic mass is 16.5. The summed E-state index contributed by atoms with van der Waals surface area (Å²) in [6, 6.07) is 7.08. The first-order valence-corrected chi connectivity index (χ1v) is 5.65. The van der Waals surface area contributed by atoms with Crippen molar-refractivity contribution in [1.29, 1.82) is 0 Å². The van der Waals surface area contributed by atoms with E-state index in [1.807, 2.05) is 0 Å². The van der Waals surface area contributed by atoms with Gasteiger partial charge in [0.25, 0.3) is 0 Å². The SMILES string of the molecule is CNC(C)(COc1cccc(CO)c1)C(=O)OC. The number of carbonyl (C=O) groups is 1. The van der Waals surface area contributed by atoms with Gasteiger partial charge in [-0.05, 0) is 31.7 Å². The smallest absolute Gasteiger partial charge is 0.329 e. The fourth-order valence-corrected chi connectivity index (χ4v) is 1.42. The second-order valence-corrected chi connectivity index (χ2v) is 4.17. The Balaban J connectivity index is 2.70. The Bertz CT molecular complexity index is 408. The van der Waals surface area contributed by atoms with E-state index in [0.29, 0.717) is 5.75 Å². The van der Waals surface area contributed by atoms with Crippen molar-refractivity contribution in [3.63, 3.8) is 0 Å². The summed E-state index contributed by atoms with van der Waals surface area (Å²) in [4.78, 5) is 11.6. The average molecular weight is 253 g/mol. The van der Waals surface area contributed by atoms with Gasteiger partial charge in [0, 0.05) is 0 Å². The first kappa shape index (κ1) is 14.5. The molecule has 1 unspecified atom stereocenters. The van der Waals surface area contributed by atoms with Crippen molar-refractivity contribution in [2.24, 2.45) is 0 Å². The molecule has 0 aliphatic rings. The highest BCUT2D eigenvalue weighted by Crippen LogP contribution is 2.16. The van der Waals surface area contributed by atoms with Crippen LogP contribution in [0.1, 0.15) is 12.5 Å². The molecular weight excluding hydrogens is 234 g/mol. The Morgan fingerprint density at radius 2 is 2.22 bits per heavy atom. The number of ether oxygens (including phenoxy) is 2. The zero-order valence-electron chi connectivity index (χ0n) is 10.9. The van der Waals surface area contributed by atoms with Crippen molar-refractivity contribution < 1.29 is 19.4 Å². The van der Waals surface area contributed by atoms with Crippen molar-refractivity contribution in [3.05, 3.63) is 29.8 Å². The molecule has 0 saturated carbocycles. The lowest BCUT2D eigenvalue weighted by molar-refractivity contribution is -0.148. The van der Waals surface area contributed by atoms with Crippen LogP contribution in [0.25, 0.3) is 0 Å². The molecule has 0 aliphatic heterocycles. The molecule has 18 heavy (non-hydrogen) atoms. The van der Waals surface area contributed by atoms with Gasteiger partial charge in [-0.25, -0.2) is 4.79 Å². The maximum absolute atomic E-state index is 11.6. The number of methoxy groups -OCH3 is 1. The third kappa shape index (κ3) is 3.45. The second kappa shape index (κ2) is 6.37. The number of aliphatic hydroxyl groups is 1. The molecule has 1 aromatic rings. The zero-order valence-corrected chi connectivity index (χ0v) is 10.9. The Labute approximate surface area is 107 Å². The standard InChI is InChI=1S/C13H19NO4/c1-13(14-2,12(16)17-3)9-18-11-6-4-5-10(7-11)8-15/h4-7,14-15H,8-9H2,1-3H3. The van der Waals surface area contributed by atoms with E-state index in [-0.39, 0.29) is 19.2 Å². The van der Waals surface area contributed by atoms with Gasteiger partial charge in [-0.1, -0.05) is 12.1 Å². The molecule has 0 saturated heterocycles. The zero-order chi connectivity index (χ0) is 13.6. The molecule has 2 N–H and O–H groups in total. The third-order valence-corrected chi connectivity index (χ3v) is 2.80. The Hall–Kier alpha value is -1.59. The highest BCUT2D eigenvalue weighted by Gasteiger charge is 2.33. The van der Waals surface area contributed by atoms with Crippen LogP contribution in [0, 0.1) is 0 Å². The predicted octanol–water partition coefficient (Wildman–Crippen LogP) is 0.709. The molecule has 0 aromatic heterocycles. The molecular formula is C13H19NO4. The third-order valence-electron chi connectivity index (χ3n) is 2.80. The molecule has 0 radical (unpaired) electrons. The summed E-state index contributed by atoms with van der Waals surface area (Å²) >= 11 is 0. The Morgan fingerprint density at radius 1 is 1.50 bits per heavy atom. The molecule has 5 heteroatoms. The van der Waals surface area contributed by atoms with Crippen LogP contribution in [0.5, 0.6) is 5.75 Å². The molecule has 0 fully saturated rings. The lowest BCUT2D eigenvalue weighted by Gasteiger charge is -2.26. The van der Waals surface area contributed by atoms with Crippen LogP contribution in [0.15, 0.2) is 24.3 Å². The number of nitrogens with one attached hydrogen (secondary N) is 1. The van der Waals surface area contributed by atoms with Crippen LogP contribution >= 0.6 is 0 Å². The number of hydrogen-bond donors (Lipinski definition) is 2. The number of rotatable bonds is 6. The van der Waals surface area contributed by atoms with E-state index in [9.17, 15) is 4.79 Å². The summed E-state index contributed by atoms with van der Waals surface area (Å²) in [5, 5.41) is 11.9. The molecule has 0 heterocycles. The number of benzene rings is 1. The minimum Gasteiger partial charge on any atom is -0.491 e. The van der Waals surface area contributed by atoms with Gasteiger partial charge in [0.1, 0.15) is 17.9 Å². The largest absolute Gasteiger partial charge is 0.491 e. The van der Waals surface area contributed by atoms with Crippen LogP contribution in [-0.4, -0.2) is 37.4 Å². The Kier molecular flexibility index (Phi) is 5.12. The van der Waals surface area contributed by atoms with Crippen molar-refractivity contribution in [3.8, 4) is 5.75 Å². The number of aliphatic hydroxyl groups excluding tert-OH is 1. The molecule has 5 nitrogen and oxygen atoms in total. The van der Waals surface area contributed by atoms with E-state index < -0.39 is 5.54 Å². The van der Waals surface area contributed by atoms with Crippen molar-refractivity contribution in [2.45, 2.75) is 19.1 Å². The topological polar surface area (TPSA) is 67.8 Å². The van der Waals surface area contributed by atoms with Crippen LogP contribution in [0.3, 0.4) is 0 Å². The molecule has 100 valence electrons. The first-order valence-electron chi connectivity index (χ1n) is 5.65. The van der Waals surface area contributed by atoms with Crippen LogP contribution in [0.4, 0.5) is 0 Å². The molecule has 0 aliphatic carbocycles. The molecule has 0 bridgehead atoms. The van der Waals surface area contributed by atoms with Crippen molar-refractivity contribution in [2.75, 3.05) is 20.8 Å². The maximum Gasteiger partial charge on any atom is 0.329 e. The molecule has 1 rings (SSSR count). The van der Waals surface area contributed by atoms with E-state index in [4.69, 9.17) is 14.6 Å². The number of likely N-dealkylation sites (N-methyl/N-ethyl adjacent to an activating group) is 1. The molecule has 0 spiro atoms. The maximum atomic E-state index is 11.6. The van der Waals surface area contributed by atoms with Crippen LogP contribution in [0.2, 0.25) is 0 Å². The van der Waals surface area contributed by atoms with Crippen LogP contribution < -0.4 is 10.1 Å². The average Bonchev–Trinajstić information content (AvgIpc) is 2.44. The molecule has 0 amide bonds. The number of hydrogen-bond acceptors (Lipinski definition) is 5. The van der Waals surface area contributed by atoms with Gasteiger partial charge in [0.05, 0.1) is 13.7 Å². The lowest BCUT2D eigenvalue weighted by atomic mass is 10.1. The quantitative estimate of drug-likeness (QED) is 0.731. The molecule has 1 aromatic carbocycles. The van der Waals surface area contributed by atoms with Crippen molar-refractivity contribution in [1.82, 2.24) is 5.32 Å². The minimum absolute atomic E-state index is 0.0441. The van der Waals surface area contributed by atoms with Gasteiger partial charge < -0.3 is 19.9 Å². The summed E-state index contributed by atoms with van der Waals surface area (Å²) in [5.74, 6) is 0.218. The number of carbonyl (C=O) groups excluding carboxylic acids is 1. The minimum atomic E-state index is -0.899. The van der Waals surface area contributed by atoms with Gasteiger partial charge >= 0.3 is 5.97 Å². The monoisotopic (exact) mass is 253 g/mol. The van der Waals surface area contributed by atoms with E-state index in [2.05, 4.69) is 5.32 Å². The van der Waals surface area contributed by atoms with Gasteiger partial charge in [-0.3, -0.25) is 0 Å². The first-order chi connectivity index (χ1) is 8.55. The summed E-state index contributed by atoms with van der Waals surface area (Å²) < 4.78 is 10.3. The lowest BCUT2D eigenvalue weighted by Crippen LogP contribution is -2.52. The van der Waals surface area contributed by atoms with E-state index in [0.717, 1.165) is 5.56 Å². The highest BCUT2D eigenvalue weighted by molar-refractivity contribution is 5.80.